The van der Waals surface area contributed by atoms with E-state index in [9.17, 15) is 5.11 Å². The molecule has 0 spiro atoms. The van der Waals surface area contributed by atoms with E-state index in [-0.39, 0.29) is 6.10 Å². The monoisotopic (exact) mass is 268 g/mol. The van der Waals surface area contributed by atoms with Gasteiger partial charge < -0.3 is 5.11 Å². The Morgan fingerprint density at radius 3 is 1.68 bits per heavy atom. The van der Waals surface area contributed by atoms with Crippen molar-refractivity contribution >= 4 is 0 Å². The molecule has 0 aromatic carbocycles. The first-order valence-corrected chi connectivity index (χ1v) is 8.66. The van der Waals surface area contributed by atoms with Crippen LogP contribution in [0.1, 0.15) is 97.3 Å². The molecule has 1 atom stereocenters. The van der Waals surface area contributed by atoms with Crippen molar-refractivity contribution in [1.82, 2.24) is 0 Å². The lowest BCUT2D eigenvalue weighted by molar-refractivity contribution is 0.207. The molecule has 0 heterocycles. The van der Waals surface area contributed by atoms with Crippen LogP contribution in [0.2, 0.25) is 0 Å². The van der Waals surface area contributed by atoms with Gasteiger partial charge in [0.05, 0.1) is 6.10 Å². The van der Waals surface area contributed by atoms with E-state index in [4.69, 9.17) is 0 Å². The van der Waals surface area contributed by atoms with Crippen LogP contribution in [0.15, 0.2) is 12.2 Å². The third kappa shape index (κ3) is 15.6. The van der Waals surface area contributed by atoms with Crippen LogP contribution in [0, 0.1) is 0 Å². The van der Waals surface area contributed by atoms with Gasteiger partial charge in [0.2, 0.25) is 0 Å². The van der Waals surface area contributed by atoms with E-state index in [0.29, 0.717) is 0 Å². The normalized spacial score (nSPS) is 13.2. The molecule has 0 bridgehead atoms. The van der Waals surface area contributed by atoms with Crippen molar-refractivity contribution in [3.8, 4) is 0 Å². The van der Waals surface area contributed by atoms with Crippen molar-refractivity contribution in [3.05, 3.63) is 12.2 Å². The topological polar surface area (TPSA) is 20.2 Å². The molecule has 0 rings (SSSR count). The summed E-state index contributed by atoms with van der Waals surface area (Å²) in [7, 11) is 0. The van der Waals surface area contributed by atoms with Crippen LogP contribution in [0.3, 0.4) is 0 Å². The molecule has 0 aliphatic rings. The van der Waals surface area contributed by atoms with Crippen LogP contribution < -0.4 is 0 Å². The zero-order chi connectivity index (χ0) is 14.2. The molecule has 0 saturated heterocycles. The average molecular weight is 268 g/mol. The molecular weight excluding hydrogens is 232 g/mol. The summed E-state index contributed by atoms with van der Waals surface area (Å²) < 4.78 is 0. The van der Waals surface area contributed by atoms with Gasteiger partial charge in [-0.05, 0) is 12.8 Å². The van der Waals surface area contributed by atoms with Crippen LogP contribution >= 0.6 is 0 Å². The summed E-state index contributed by atoms with van der Waals surface area (Å²) in [5.74, 6) is 0. The summed E-state index contributed by atoms with van der Waals surface area (Å²) in [5, 5.41) is 9.64. The molecule has 0 amide bonds. The Kier molecular flexibility index (Phi) is 15.5. The maximum absolute atomic E-state index is 9.64. The molecule has 0 radical (unpaired) electrons. The van der Waals surface area contributed by atoms with E-state index in [1.54, 1.807) is 0 Å². The average Bonchev–Trinajstić information content (AvgIpc) is 2.42. The second-order valence-electron chi connectivity index (χ2n) is 5.73. The summed E-state index contributed by atoms with van der Waals surface area (Å²) >= 11 is 0. The predicted molar refractivity (Wildman–Crippen MR) is 86.5 cm³/mol. The first kappa shape index (κ1) is 18.7. The van der Waals surface area contributed by atoms with Gasteiger partial charge in [0.15, 0.2) is 0 Å². The Morgan fingerprint density at radius 2 is 1.21 bits per heavy atom. The lowest BCUT2D eigenvalue weighted by atomic mass is 10.0. The highest BCUT2D eigenvalue weighted by Crippen LogP contribution is 2.12. The number of unbranched alkanes of at least 4 members (excludes halogenated alkanes) is 10. The largest absolute Gasteiger partial charge is 0.389 e. The molecule has 0 aromatic heterocycles. The quantitative estimate of drug-likeness (QED) is 0.302. The summed E-state index contributed by atoms with van der Waals surface area (Å²) in [6, 6.07) is 0. The summed E-state index contributed by atoms with van der Waals surface area (Å²) in [6.07, 6.45) is 20.8. The van der Waals surface area contributed by atoms with Crippen molar-refractivity contribution in [2.45, 2.75) is 103 Å². The minimum Gasteiger partial charge on any atom is -0.389 e. The molecule has 0 aliphatic carbocycles. The molecule has 1 heteroatoms. The molecule has 114 valence electrons. The van der Waals surface area contributed by atoms with Gasteiger partial charge in [-0.25, -0.2) is 0 Å². The number of allylic oxidation sites excluding steroid dienone is 1. The number of aliphatic hydroxyl groups excluding tert-OH is 1. The van der Waals surface area contributed by atoms with Gasteiger partial charge in [-0.3, -0.25) is 0 Å². The van der Waals surface area contributed by atoms with E-state index < -0.39 is 0 Å². The molecule has 1 N–H and O–H groups in total. The van der Waals surface area contributed by atoms with E-state index in [1.807, 2.05) is 6.08 Å². The lowest BCUT2D eigenvalue weighted by Gasteiger charge is -2.05. The Bertz CT molecular complexity index is 186. The fourth-order valence-electron chi connectivity index (χ4n) is 2.41. The highest BCUT2D eigenvalue weighted by atomic mass is 16.3. The van der Waals surface area contributed by atoms with Gasteiger partial charge in [0.25, 0.3) is 0 Å². The first-order valence-electron chi connectivity index (χ1n) is 8.66. The van der Waals surface area contributed by atoms with Crippen LogP contribution in [-0.4, -0.2) is 11.2 Å². The number of aliphatic hydroxyl groups is 1. The molecule has 0 fully saturated rings. The van der Waals surface area contributed by atoms with Crippen molar-refractivity contribution in [3.63, 3.8) is 0 Å². The molecule has 19 heavy (non-hydrogen) atoms. The predicted octanol–water partition coefficient (Wildman–Crippen LogP) is 6.01. The van der Waals surface area contributed by atoms with Gasteiger partial charge in [-0.15, -0.1) is 0 Å². The maximum atomic E-state index is 9.64. The third-order valence-electron chi connectivity index (χ3n) is 3.70. The Hall–Kier alpha value is -0.300. The SMILES string of the molecule is CCC=CC(O)CCCCCCCCCCCCC. The van der Waals surface area contributed by atoms with Crippen LogP contribution in [0.5, 0.6) is 0 Å². The van der Waals surface area contributed by atoms with Gasteiger partial charge >= 0.3 is 0 Å². The van der Waals surface area contributed by atoms with Crippen LogP contribution in [0.4, 0.5) is 0 Å². The summed E-state index contributed by atoms with van der Waals surface area (Å²) in [4.78, 5) is 0. The van der Waals surface area contributed by atoms with Crippen LogP contribution in [0.25, 0.3) is 0 Å². The van der Waals surface area contributed by atoms with Gasteiger partial charge in [0.1, 0.15) is 0 Å². The Labute approximate surface area is 121 Å². The number of rotatable bonds is 14. The molecular formula is C18H36O. The van der Waals surface area contributed by atoms with E-state index in [2.05, 4.69) is 19.9 Å². The Balaban J connectivity index is 3.08. The van der Waals surface area contributed by atoms with Crippen molar-refractivity contribution < 1.29 is 5.11 Å². The molecule has 1 unspecified atom stereocenters. The Morgan fingerprint density at radius 1 is 0.737 bits per heavy atom. The number of hydrogen-bond donors (Lipinski definition) is 1. The lowest BCUT2D eigenvalue weighted by Crippen LogP contribution is -2.01. The standard InChI is InChI=1S/C18H36O/c1-3-5-7-8-9-10-11-12-13-14-15-17-18(19)16-6-4-2/h6,16,18-19H,3-5,7-15,17H2,1-2H3. The molecule has 0 aromatic rings. The van der Waals surface area contributed by atoms with Crippen molar-refractivity contribution in [2.75, 3.05) is 0 Å². The zero-order valence-electron chi connectivity index (χ0n) is 13.4. The highest BCUT2D eigenvalue weighted by molar-refractivity contribution is 4.87. The molecule has 0 aliphatic heterocycles. The number of hydrogen-bond acceptors (Lipinski definition) is 1. The van der Waals surface area contributed by atoms with Gasteiger partial charge in [-0.1, -0.05) is 96.6 Å². The van der Waals surface area contributed by atoms with E-state index in [1.165, 1.54) is 70.6 Å². The maximum Gasteiger partial charge on any atom is 0.0720 e. The van der Waals surface area contributed by atoms with E-state index >= 15 is 0 Å². The van der Waals surface area contributed by atoms with Crippen molar-refractivity contribution in [1.29, 1.82) is 0 Å². The molecule has 1 nitrogen and oxygen atoms in total. The van der Waals surface area contributed by atoms with Crippen molar-refractivity contribution in [2.24, 2.45) is 0 Å². The fourth-order valence-corrected chi connectivity index (χ4v) is 2.41. The second-order valence-corrected chi connectivity index (χ2v) is 5.73. The zero-order valence-corrected chi connectivity index (χ0v) is 13.4. The third-order valence-corrected chi connectivity index (χ3v) is 3.70. The highest BCUT2D eigenvalue weighted by Gasteiger charge is 1.98. The molecule has 0 saturated carbocycles. The second kappa shape index (κ2) is 15.8. The summed E-state index contributed by atoms with van der Waals surface area (Å²) in [5.41, 5.74) is 0. The summed E-state index contributed by atoms with van der Waals surface area (Å²) in [6.45, 7) is 4.38. The minimum absolute atomic E-state index is 0.210. The van der Waals surface area contributed by atoms with Gasteiger partial charge in [0, 0.05) is 0 Å². The first-order chi connectivity index (χ1) is 9.31. The van der Waals surface area contributed by atoms with Crippen LogP contribution in [-0.2, 0) is 0 Å². The van der Waals surface area contributed by atoms with E-state index in [0.717, 1.165) is 12.8 Å². The van der Waals surface area contributed by atoms with Gasteiger partial charge in [-0.2, -0.15) is 0 Å². The fraction of sp³-hybridized carbons (Fsp3) is 0.889. The smallest absolute Gasteiger partial charge is 0.0720 e. The minimum atomic E-state index is -0.210.